The minimum Gasteiger partial charge on any atom is -0.247 e. The Morgan fingerprint density at radius 3 is 2.94 bits per heavy atom. The number of hydrogen-bond acceptors (Lipinski definition) is 2. The maximum atomic E-state index is 12.8. The highest BCUT2D eigenvalue weighted by molar-refractivity contribution is 6.29. The molecule has 3 rings (SSSR count). The Balaban J connectivity index is 1.95. The van der Waals surface area contributed by atoms with E-state index in [-0.39, 0.29) is 13.0 Å². The maximum absolute atomic E-state index is 12.8. The molecular weight excluding hydrogens is 236 g/mol. The molecule has 1 saturated carbocycles. The summed E-state index contributed by atoms with van der Waals surface area (Å²) in [6.07, 6.45) is 1.55. The van der Waals surface area contributed by atoms with Gasteiger partial charge in [0.15, 0.2) is 5.65 Å². The average Bonchev–Trinajstić information content (AvgIpc) is 2.65. The predicted octanol–water partition coefficient (Wildman–Crippen LogP) is 2.74. The normalized spacial score (nSPS) is 22.6. The first-order valence-electron chi connectivity index (χ1n) is 4.92. The molecule has 1 aliphatic carbocycles. The molecule has 1 fully saturated rings. The number of nitrogens with zero attached hydrogens (tertiary/aromatic N) is 3. The lowest BCUT2D eigenvalue weighted by atomic mass is 10.3. The van der Waals surface area contributed by atoms with Crippen LogP contribution in [0.5, 0.6) is 0 Å². The number of rotatable bonds is 2. The van der Waals surface area contributed by atoms with Gasteiger partial charge in [-0.2, -0.15) is 5.10 Å². The summed E-state index contributed by atoms with van der Waals surface area (Å²) in [5, 5.41) is 5.20. The highest BCUT2D eigenvalue weighted by Crippen LogP contribution is 2.49. The number of alkyl halides is 2. The van der Waals surface area contributed by atoms with Gasteiger partial charge in [0.2, 0.25) is 0 Å². The van der Waals surface area contributed by atoms with Crippen LogP contribution in [0, 0.1) is 5.92 Å². The van der Waals surface area contributed by atoms with Crippen molar-refractivity contribution in [2.24, 2.45) is 5.92 Å². The Morgan fingerprint density at radius 2 is 2.25 bits per heavy atom. The zero-order valence-corrected chi connectivity index (χ0v) is 8.96. The fraction of sp³-hybridized carbons (Fsp3) is 0.400. The van der Waals surface area contributed by atoms with Crippen LogP contribution < -0.4 is 0 Å². The topological polar surface area (TPSA) is 30.7 Å². The number of hydrogen-bond donors (Lipinski definition) is 0. The second kappa shape index (κ2) is 3.13. The second-order valence-electron chi connectivity index (χ2n) is 4.04. The summed E-state index contributed by atoms with van der Waals surface area (Å²) in [6, 6.07) is 3.43. The van der Waals surface area contributed by atoms with Crippen LogP contribution in [0.1, 0.15) is 6.42 Å². The van der Waals surface area contributed by atoms with Gasteiger partial charge in [0.05, 0.1) is 12.7 Å². The van der Waals surface area contributed by atoms with E-state index in [0.29, 0.717) is 10.8 Å². The van der Waals surface area contributed by atoms with Crippen molar-refractivity contribution < 1.29 is 8.78 Å². The molecule has 1 atom stereocenters. The van der Waals surface area contributed by atoms with Crippen molar-refractivity contribution in [2.75, 3.05) is 0 Å². The first-order valence-corrected chi connectivity index (χ1v) is 5.30. The van der Waals surface area contributed by atoms with E-state index in [1.54, 1.807) is 18.3 Å². The molecule has 2 aromatic heterocycles. The van der Waals surface area contributed by atoms with E-state index >= 15 is 0 Å². The van der Waals surface area contributed by atoms with Crippen LogP contribution in [0.2, 0.25) is 5.15 Å². The number of halogens is 3. The standard InChI is InChI=1S/C10H8ClF2N3/c11-8-2-1-6-4-14-16(9(6)15-8)5-7-3-10(7,12)13/h1-2,4,7H,3,5H2. The third-order valence-electron chi connectivity index (χ3n) is 2.80. The van der Waals surface area contributed by atoms with Crippen LogP contribution in [-0.4, -0.2) is 20.7 Å². The van der Waals surface area contributed by atoms with Gasteiger partial charge in [-0.1, -0.05) is 11.6 Å². The van der Waals surface area contributed by atoms with Crippen LogP contribution in [0.15, 0.2) is 18.3 Å². The van der Waals surface area contributed by atoms with E-state index in [4.69, 9.17) is 11.6 Å². The first kappa shape index (κ1) is 9.96. The molecule has 2 aromatic rings. The Bertz CT molecular complexity index is 552. The fourth-order valence-electron chi connectivity index (χ4n) is 1.74. The fourth-order valence-corrected chi connectivity index (χ4v) is 1.88. The molecule has 3 nitrogen and oxygen atoms in total. The van der Waals surface area contributed by atoms with Gasteiger partial charge in [-0.25, -0.2) is 18.4 Å². The summed E-state index contributed by atoms with van der Waals surface area (Å²) in [5.41, 5.74) is 0.565. The first-order chi connectivity index (χ1) is 7.56. The Labute approximate surface area is 95.0 Å². The zero-order chi connectivity index (χ0) is 11.3. The smallest absolute Gasteiger partial charge is 0.247 e. The van der Waals surface area contributed by atoms with E-state index in [1.807, 2.05) is 0 Å². The van der Waals surface area contributed by atoms with E-state index in [1.165, 1.54) is 4.68 Å². The lowest BCUT2D eigenvalue weighted by Crippen LogP contribution is -2.07. The Hall–Kier alpha value is -1.23. The van der Waals surface area contributed by atoms with Gasteiger partial charge in [-0.05, 0) is 12.1 Å². The Morgan fingerprint density at radius 1 is 1.50 bits per heavy atom. The molecule has 84 valence electrons. The van der Waals surface area contributed by atoms with E-state index in [2.05, 4.69) is 10.1 Å². The van der Waals surface area contributed by atoms with Crippen molar-refractivity contribution in [2.45, 2.75) is 18.9 Å². The summed E-state index contributed by atoms with van der Waals surface area (Å²) >= 11 is 5.76. The summed E-state index contributed by atoms with van der Waals surface area (Å²) < 4.78 is 27.1. The molecule has 0 aliphatic heterocycles. The summed E-state index contributed by atoms with van der Waals surface area (Å²) in [5.74, 6) is -3.15. The van der Waals surface area contributed by atoms with Gasteiger partial charge in [0.25, 0.3) is 5.92 Å². The third-order valence-corrected chi connectivity index (χ3v) is 3.01. The molecule has 0 amide bonds. The molecule has 16 heavy (non-hydrogen) atoms. The molecule has 0 bridgehead atoms. The molecule has 0 N–H and O–H groups in total. The summed E-state index contributed by atoms with van der Waals surface area (Å²) in [6.45, 7) is 0.198. The van der Waals surface area contributed by atoms with E-state index in [0.717, 1.165) is 5.39 Å². The van der Waals surface area contributed by atoms with Crippen LogP contribution in [0.25, 0.3) is 11.0 Å². The maximum Gasteiger partial charge on any atom is 0.253 e. The van der Waals surface area contributed by atoms with E-state index in [9.17, 15) is 8.78 Å². The highest BCUT2D eigenvalue weighted by atomic mass is 35.5. The highest BCUT2D eigenvalue weighted by Gasteiger charge is 2.56. The average molecular weight is 244 g/mol. The molecule has 2 heterocycles. The van der Waals surface area contributed by atoms with Gasteiger partial charge < -0.3 is 0 Å². The van der Waals surface area contributed by atoms with Crippen molar-refractivity contribution in [3.63, 3.8) is 0 Å². The van der Waals surface area contributed by atoms with Gasteiger partial charge in [-0.15, -0.1) is 0 Å². The zero-order valence-electron chi connectivity index (χ0n) is 8.20. The van der Waals surface area contributed by atoms with Crippen LogP contribution in [0.3, 0.4) is 0 Å². The predicted molar refractivity (Wildman–Crippen MR) is 55.6 cm³/mol. The van der Waals surface area contributed by atoms with Crippen LogP contribution in [0.4, 0.5) is 8.78 Å². The SMILES string of the molecule is FC1(F)CC1Cn1ncc2ccc(Cl)nc21. The van der Waals surface area contributed by atoms with Crippen LogP contribution >= 0.6 is 11.6 Å². The number of aromatic nitrogens is 3. The molecule has 1 unspecified atom stereocenters. The van der Waals surface area contributed by atoms with Gasteiger partial charge in [0, 0.05) is 17.7 Å². The van der Waals surface area contributed by atoms with Crippen molar-refractivity contribution >= 4 is 22.6 Å². The molecule has 0 spiro atoms. The number of pyridine rings is 1. The van der Waals surface area contributed by atoms with Crippen molar-refractivity contribution in [3.05, 3.63) is 23.5 Å². The lowest BCUT2D eigenvalue weighted by molar-refractivity contribution is 0.0945. The van der Waals surface area contributed by atoms with Gasteiger partial charge in [0.1, 0.15) is 5.15 Å². The molecule has 0 aromatic carbocycles. The van der Waals surface area contributed by atoms with E-state index < -0.39 is 11.8 Å². The minimum atomic E-state index is -2.53. The summed E-state index contributed by atoms with van der Waals surface area (Å²) in [4.78, 5) is 4.09. The van der Waals surface area contributed by atoms with Crippen molar-refractivity contribution in [1.29, 1.82) is 0 Å². The van der Waals surface area contributed by atoms with Crippen molar-refractivity contribution in [3.8, 4) is 0 Å². The summed E-state index contributed by atoms with van der Waals surface area (Å²) in [7, 11) is 0. The quantitative estimate of drug-likeness (QED) is 0.760. The third kappa shape index (κ3) is 1.55. The largest absolute Gasteiger partial charge is 0.253 e. The molecular formula is C10H8ClF2N3. The van der Waals surface area contributed by atoms with Gasteiger partial charge in [-0.3, -0.25) is 0 Å². The molecule has 1 aliphatic rings. The molecule has 0 radical (unpaired) electrons. The van der Waals surface area contributed by atoms with Crippen molar-refractivity contribution in [1.82, 2.24) is 14.8 Å². The second-order valence-corrected chi connectivity index (χ2v) is 4.42. The monoisotopic (exact) mass is 243 g/mol. The molecule has 6 heteroatoms. The van der Waals surface area contributed by atoms with Crippen LogP contribution in [-0.2, 0) is 6.54 Å². The lowest BCUT2D eigenvalue weighted by Gasteiger charge is -2.01. The Kier molecular flexibility index (Phi) is 1.95. The van der Waals surface area contributed by atoms with Gasteiger partial charge >= 0.3 is 0 Å². The minimum absolute atomic E-state index is 0.0606. The number of fused-ring (bicyclic) bond motifs is 1. The molecule has 0 saturated heterocycles.